The Balaban J connectivity index is 2.42. The van der Waals surface area contributed by atoms with Crippen LogP contribution in [0.1, 0.15) is 32.2 Å². The second kappa shape index (κ2) is 7.26. The average Bonchev–Trinajstić information content (AvgIpc) is 2.60. The molecule has 104 valence electrons. The third-order valence-electron chi connectivity index (χ3n) is 3.32. The van der Waals surface area contributed by atoms with E-state index < -0.39 is 0 Å². The molecule has 5 heteroatoms. The molecule has 0 aliphatic rings. The Morgan fingerprint density at radius 2 is 2.11 bits per heavy atom. The summed E-state index contributed by atoms with van der Waals surface area (Å²) in [6.45, 7) is 9.47. The predicted octanol–water partition coefficient (Wildman–Crippen LogP) is 2.17. The third-order valence-corrected chi connectivity index (χ3v) is 4.23. The van der Waals surface area contributed by atoms with Gasteiger partial charge in [-0.25, -0.2) is 0 Å². The Labute approximate surface area is 119 Å². The molecule has 4 nitrogen and oxygen atoms in total. The molecule has 0 fully saturated rings. The van der Waals surface area contributed by atoms with Crippen molar-refractivity contribution in [3.05, 3.63) is 15.9 Å². The Morgan fingerprint density at radius 1 is 1.44 bits per heavy atom. The molecule has 0 saturated heterocycles. The third kappa shape index (κ3) is 4.07. The maximum atomic E-state index is 4.49. The lowest BCUT2D eigenvalue weighted by molar-refractivity contribution is 0.273. The molecule has 0 saturated carbocycles. The average molecular weight is 317 g/mol. The van der Waals surface area contributed by atoms with Crippen molar-refractivity contribution in [2.75, 3.05) is 20.1 Å². The van der Waals surface area contributed by atoms with Gasteiger partial charge < -0.3 is 10.2 Å². The van der Waals surface area contributed by atoms with Gasteiger partial charge in [-0.1, -0.05) is 6.92 Å². The lowest BCUT2D eigenvalue weighted by atomic mass is 10.3. The molecule has 0 aliphatic carbocycles. The minimum Gasteiger partial charge on any atom is -0.310 e. The molecule has 0 radical (unpaired) electrons. The zero-order chi connectivity index (χ0) is 13.7. The summed E-state index contributed by atoms with van der Waals surface area (Å²) in [5.74, 6) is 0. The van der Waals surface area contributed by atoms with Crippen molar-refractivity contribution in [2.24, 2.45) is 7.05 Å². The fourth-order valence-electron chi connectivity index (χ4n) is 1.73. The molecule has 0 amide bonds. The van der Waals surface area contributed by atoms with Gasteiger partial charge in [0.25, 0.3) is 0 Å². The molecule has 0 aromatic carbocycles. The van der Waals surface area contributed by atoms with Crippen LogP contribution in [0.5, 0.6) is 0 Å². The van der Waals surface area contributed by atoms with Gasteiger partial charge in [-0.2, -0.15) is 5.10 Å². The smallest absolute Gasteiger partial charge is 0.0767 e. The monoisotopic (exact) mass is 316 g/mol. The number of hydrogen-bond acceptors (Lipinski definition) is 3. The van der Waals surface area contributed by atoms with Crippen molar-refractivity contribution in [3.8, 4) is 0 Å². The van der Waals surface area contributed by atoms with Crippen LogP contribution in [-0.4, -0.2) is 40.9 Å². The molecule has 1 heterocycles. The largest absolute Gasteiger partial charge is 0.310 e. The van der Waals surface area contributed by atoms with Gasteiger partial charge in [0.1, 0.15) is 0 Å². The first-order valence-corrected chi connectivity index (χ1v) is 7.37. The van der Waals surface area contributed by atoms with E-state index in [9.17, 15) is 0 Å². The van der Waals surface area contributed by atoms with Crippen molar-refractivity contribution in [1.82, 2.24) is 20.0 Å². The lowest BCUT2D eigenvalue weighted by Gasteiger charge is -2.20. The Morgan fingerprint density at radius 3 is 2.61 bits per heavy atom. The quantitative estimate of drug-likeness (QED) is 0.783. The zero-order valence-corrected chi connectivity index (χ0v) is 13.7. The molecule has 0 bridgehead atoms. The van der Waals surface area contributed by atoms with Crippen molar-refractivity contribution in [2.45, 2.75) is 39.8 Å². The number of aryl methyl sites for hydroxylation is 2. The summed E-state index contributed by atoms with van der Waals surface area (Å²) in [7, 11) is 4.16. The van der Waals surface area contributed by atoms with Crippen LogP contribution in [0.4, 0.5) is 0 Å². The molecule has 1 N–H and O–H groups in total. The van der Waals surface area contributed by atoms with Crippen molar-refractivity contribution in [1.29, 1.82) is 0 Å². The molecule has 0 atom stereocenters. The standard InChI is InChI=1S/C13H25BrN4/c1-6-11-13(14)12(18(5)16-11)9-15-7-8-17(4)10(2)3/h10,15H,6-9H2,1-5H3. The number of nitrogens with zero attached hydrogens (tertiary/aromatic N) is 3. The van der Waals surface area contributed by atoms with E-state index in [1.807, 2.05) is 11.7 Å². The molecule has 1 aromatic rings. The van der Waals surface area contributed by atoms with Gasteiger partial charge in [-0.3, -0.25) is 4.68 Å². The molecule has 1 rings (SSSR count). The second-order valence-electron chi connectivity index (χ2n) is 4.94. The van der Waals surface area contributed by atoms with Crippen LogP contribution >= 0.6 is 15.9 Å². The van der Waals surface area contributed by atoms with E-state index in [0.717, 1.165) is 36.2 Å². The van der Waals surface area contributed by atoms with E-state index in [2.05, 4.69) is 59.1 Å². The summed E-state index contributed by atoms with van der Waals surface area (Å²) in [4.78, 5) is 2.34. The van der Waals surface area contributed by atoms with Crippen LogP contribution in [0.3, 0.4) is 0 Å². The van der Waals surface area contributed by atoms with Gasteiger partial charge in [0.05, 0.1) is 15.9 Å². The van der Waals surface area contributed by atoms with Crippen molar-refractivity contribution >= 4 is 15.9 Å². The number of nitrogens with one attached hydrogen (secondary N) is 1. The number of aromatic nitrogens is 2. The molecule has 0 spiro atoms. The molecular formula is C13H25BrN4. The summed E-state index contributed by atoms with van der Waals surface area (Å²) >= 11 is 3.63. The van der Waals surface area contributed by atoms with Crippen LogP contribution < -0.4 is 5.32 Å². The number of rotatable bonds is 7. The van der Waals surface area contributed by atoms with E-state index in [4.69, 9.17) is 0 Å². The zero-order valence-electron chi connectivity index (χ0n) is 12.1. The van der Waals surface area contributed by atoms with Crippen LogP contribution in [-0.2, 0) is 20.0 Å². The second-order valence-corrected chi connectivity index (χ2v) is 5.73. The van der Waals surface area contributed by atoms with E-state index in [0.29, 0.717) is 6.04 Å². The summed E-state index contributed by atoms with van der Waals surface area (Å²) in [5.41, 5.74) is 2.35. The van der Waals surface area contributed by atoms with E-state index >= 15 is 0 Å². The van der Waals surface area contributed by atoms with Crippen LogP contribution in [0.25, 0.3) is 0 Å². The highest BCUT2D eigenvalue weighted by molar-refractivity contribution is 9.10. The first-order chi connectivity index (χ1) is 8.47. The first-order valence-electron chi connectivity index (χ1n) is 6.58. The maximum Gasteiger partial charge on any atom is 0.0767 e. The minimum atomic E-state index is 0.599. The molecule has 18 heavy (non-hydrogen) atoms. The summed E-state index contributed by atoms with van der Waals surface area (Å²) < 4.78 is 3.11. The fraction of sp³-hybridized carbons (Fsp3) is 0.769. The van der Waals surface area contributed by atoms with Gasteiger partial charge in [0.2, 0.25) is 0 Å². The highest BCUT2D eigenvalue weighted by Crippen LogP contribution is 2.21. The van der Waals surface area contributed by atoms with Crippen LogP contribution in [0.15, 0.2) is 4.47 Å². The minimum absolute atomic E-state index is 0.599. The van der Waals surface area contributed by atoms with Crippen molar-refractivity contribution < 1.29 is 0 Å². The molecule has 0 unspecified atom stereocenters. The van der Waals surface area contributed by atoms with Gasteiger partial charge >= 0.3 is 0 Å². The van der Waals surface area contributed by atoms with Gasteiger partial charge in [0, 0.05) is 32.7 Å². The van der Waals surface area contributed by atoms with Crippen LogP contribution in [0.2, 0.25) is 0 Å². The highest BCUT2D eigenvalue weighted by atomic mass is 79.9. The summed E-state index contributed by atoms with van der Waals surface area (Å²) in [6, 6.07) is 0.599. The number of hydrogen-bond donors (Lipinski definition) is 1. The maximum absolute atomic E-state index is 4.49. The summed E-state index contributed by atoms with van der Waals surface area (Å²) in [6.07, 6.45) is 0.963. The number of halogens is 1. The van der Waals surface area contributed by atoms with Gasteiger partial charge in [-0.05, 0) is 43.2 Å². The van der Waals surface area contributed by atoms with E-state index in [1.54, 1.807) is 0 Å². The number of likely N-dealkylation sites (N-methyl/N-ethyl adjacent to an activating group) is 1. The SMILES string of the molecule is CCc1nn(C)c(CNCCN(C)C(C)C)c1Br. The topological polar surface area (TPSA) is 33.1 Å². The van der Waals surface area contributed by atoms with Crippen molar-refractivity contribution in [3.63, 3.8) is 0 Å². The Hall–Kier alpha value is -0.390. The lowest BCUT2D eigenvalue weighted by Crippen LogP contribution is -2.33. The molecular weight excluding hydrogens is 292 g/mol. The van der Waals surface area contributed by atoms with Gasteiger partial charge in [-0.15, -0.1) is 0 Å². The van der Waals surface area contributed by atoms with Crippen LogP contribution in [0, 0.1) is 0 Å². The van der Waals surface area contributed by atoms with E-state index in [1.165, 1.54) is 5.69 Å². The first kappa shape index (κ1) is 15.7. The van der Waals surface area contributed by atoms with E-state index in [-0.39, 0.29) is 0 Å². The normalized spacial score (nSPS) is 11.8. The molecule has 0 aliphatic heterocycles. The molecule has 1 aromatic heterocycles. The fourth-order valence-corrected chi connectivity index (χ4v) is 2.49. The summed E-state index contributed by atoms with van der Waals surface area (Å²) in [5, 5.41) is 7.96. The highest BCUT2D eigenvalue weighted by Gasteiger charge is 2.11. The van der Waals surface area contributed by atoms with Gasteiger partial charge in [0.15, 0.2) is 0 Å². The Bertz CT molecular complexity index is 373. The Kier molecular flexibility index (Phi) is 6.32. The predicted molar refractivity (Wildman–Crippen MR) is 79.8 cm³/mol.